The average molecular weight is 332 g/mol. The van der Waals surface area contributed by atoms with Crippen LogP contribution >= 0.6 is 23.1 Å². The number of amides is 1. The van der Waals surface area contributed by atoms with Gasteiger partial charge in [0.2, 0.25) is 5.91 Å². The highest BCUT2D eigenvalue weighted by atomic mass is 32.2. The van der Waals surface area contributed by atoms with E-state index in [1.807, 2.05) is 38.1 Å². The molecule has 6 heteroatoms. The fourth-order valence-electron chi connectivity index (χ4n) is 1.97. The van der Waals surface area contributed by atoms with Gasteiger partial charge < -0.3 is 9.73 Å². The van der Waals surface area contributed by atoms with E-state index >= 15 is 0 Å². The fraction of sp³-hybridized carbons (Fsp3) is 0.250. The first-order valence-electron chi connectivity index (χ1n) is 6.94. The molecule has 1 amide bonds. The van der Waals surface area contributed by atoms with Gasteiger partial charge >= 0.3 is 0 Å². The summed E-state index contributed by atoms with van der Waals surface area (Å²) in [5.41, 5.74) is 2.11. The van der Waals surface area contributed by atoms with E-state index in [9.17, 15) is 4.79 Å². The summed E-state index contributed by atoms with van der Waals surface area (Å²) in [4.78, 5) is 16.7. The van der Waals surface area contributed by atoms with E-state index in [2.05, 4.69) is 16.4 Å². The molecule has 0 radical (unpaired) electrons. The van der Waals surface area contributed by atoms with Gasteiger partial charge in [-0.05, 0) is 43.7 Å². The molecule has 2 heterocycles. The number of rotatable bonds is 5. The van der Waals surface area contributed by atoms with Crippen molar-refractivity contribution in [3.8, 4) is 0 Å². The van der Waals surface area contributed by atoms with Crippen molar-refractivity contribution in [1.82, 2.24) is 4.98 Å². The molecule has 2 aromatic heterocycles. The fourth-order valence-corrected chi connectivity index (χ4v) is 3.73. The highest BCUT2D eigenvalue weighted by Crippen LogP contribution is 2.27. The van der Waals surface area contributed by atoms with Gasteiger partial charge in [0.25, 0.3) is 0 Å². The van der Waals surface area contributed by atoms with Crippen LogP contribution < -0.4 is 5.32 Å². The Balaban J connectivity index is 1.61. The molecule has 4 nitrogen and oxygen atoms in total. The van der Waals surface area contributed by atoms with Crippen LogP contribution in [0.5, 0.6) is 0 Å². The second kappa shape index (κ2) is 6.54. The molecule has 3 aromatic rings. The lowest BCUT2D eigenvalue weighted by Crippen LogP contribution is -2.22. The average Bonchev–Trinajstić information content (AvgIpc) is 3.12. The van der Waals surface area contributed by atoms with E-state index in [4.69, 9.17) is 4.42 Å². The van der Waals surface area contributed by atoms with Gasteiger partial charge in [0.15, 0.2) is 5.13 Å². The van der Waals surface area contributed by atoms with Crippen molar-refractivity contribution in [2.75, 3.05) is 5.32 Å². The number of aromatic nitrogens is 1. The lowest BCUT2D eigenvalue weighted by molar-refractivity contribution is -0.115. The van der Waals surface area contributed by atoms with E-state index in [1.165, 1.54) is 16.9 Å². The van der Waals surface area contributed by atoms with Crippen molar-refractivity contribution >= 4 is 44.4 Å². The topological polar surface area (TPSA) is 55.1 Å². The zero-order valence-corrected chi connectivity index (χ0v) is 14.0. The molecule has 0 aliphatic carbocycles. The molecule has 3 rings (SSSR count). The third kappa shape index (κ3) is 3.51. The van der Waals surface area contributed by atoms with Gasteiger partial charge in [0, 0.05) is 0 Å². The van der Waals surface area contributed by atoms with Crippen molar-refractivity contribution in [1.29, 1.82) is 0 Å². The maximum atomic E-state index is 12.2. The van der Waals surface area contributed by atoms with Gasteiger partial charge in [-0.25, -0.2) is 4.98 Å². The number of anilines is 1. The second-order valence-corrected chi connectivity index (χ2v) is 7.37. The summed E-state index contributed by atoms with van der Waals surface area (Å²) < 4.78 is 6.36. The number of hydrogen-bond donors (Lipinski definition) is 1. The number of thioether (sulfide) groups is 1. The van der Waals surface area contributed by atoms with Crippen LogP contribution in [0.4, 0.5) is 5.13 Å². The number of fused-ring (bicyclic) bond motifs is 1. The highest BCUT2D eigenvalue weighted by Gasteiger charge is 2.16. The smallest absolute Gasteiger partial charge is 0.239 e. The molecule has 0 bridgehead atoms. The van der Waals surface area contributed by atoms with Gasteiger partial charge in [-0.2, -0.15) is 0 Å². The molecule has 0 fully saturated rings. The van der Waals surface area contributed by atoms with E-state index in [1.54, 1.807) is 18.0 Å². The molecule has 1 aromatic carbocycles. The summed E-state index contributed by atoms with van der Waals surface area (Å²) in [6.45, 7) is 3.94. The number of thiazole rings is 1. The van der Waals surface area contributed by atoms with Crippen LogP contribution in [0, 0.1) is 6.92 Å². The largest absolute Gasteiger partial charge is 0.468 e. The molecule has 0 aliphatic heterocycles. The Morgan fingerprint density at radius 2 is 2.32 bits per heavy atom. The molecule has 1 N–H and O–H groups in total. The van der Waals surface area contributed by atoms with Crippen molar-refractivity contribution in [2.45, 2.75) is 24.9 Å². The molecule has 1 unspecified atom stereocenters. The van der Waals surface area contributed by atoms with E-state index < -0.39 is 0 Å². The van der Waals surface area contributed by atoms with Crippen molar-refractivity contribution in [2.24, 2.45) is 0 Å². The summed E-state index contributed by atoms with van der Waals surface area (Å²) in [5, 5.41) is 3.38. The van der Waals surface area contributed by atoms with E-state index in [0.717, 1.165) is 16.0 Å². The zero-order valence-electron chi connectivity index (χ0n) is 12.3. The summed E-state index contributed by atoms with van der Waals surface area (Å²) in [7, 11) is 0. The van der Waals surface area contributed by atoms with Gasteiger partial charge in [0.05, 0.1) is 27.5 Å². The first-order valence-corrected chi connectivity index (χ1v) is 8.80. The Hall–Kier alpha value is -1.79. The molecular weight excluding hydrogens is 316 g/mol. The standard InChI is InChI=1S/C16H16N2O2S2/c1-10-5-6-13-14(8-10)22-16(17-13)18-15(19)11(2)21-9-12-4-3-7-20-12/h3-8,11H,9H2,1-2H3,(H,17,18,19). The molecule has 0 spiro atoms. The maximum Gasteiger partial charge on any atom is 0.239 e. The third-order valence-electron chi connectivity index (χ3n) is 3.20. The predicted molar refractivity (Wildman–Crippen MR) is 92.5 cm³/mol. The van der Waals surface area contributed by atoms with Crippen LogP contribution in [0.25, 0.3) is 10.2 Å². The minimum absolute atomic E-state index is 0.0349. The van der Waals surface area contributed by atoms with Gasteiger partial charge in [0.1, 0.15) is 5.76 Å². The van der Waals surface area contributed by atoms with Gasteiger partial charge in [-0.3, -0.25) is 4.79 Å². The van der Waals surface area contributed by atoms with Gasteiger partial charge in [-0.1, -0.05) is 17.4 Å². The van der Waals surface area contributed by atoms with Crippen LogP contribution in [0.3, 0.4) is 0 Å². The Morgan fingerprint density at radius 1 is 1.45 bits per heavy atom. The van der Waals surface area contributed by atoms with Crippen molar-refractivity contribution in [3.05, 3.63) is 47.9 Å². The van der Waals surface area contributed by atoms with Crippen molar-refractivity contribution in [3.63, 3.8) is 0 Å². The molecule has 0 aliphatic rings. The number of benzene rings is 1. The summed E-state index contributed by atoms with van der Waals surface area (Å²) in [6.07, 6.45) is 1.64. The number of carbonyl (C=O) groups is 1. The first-order chi connectivity index (χ1) is 10.6. The Morgan fingerprint density at radius 3 is 3.09 bits per heavy atom. The number of nitrogens with zero attached hydrogens (tertiary/aromatic N) is 1. The van der Waals surface area contributed by atoms with Crippen LogP contribution in [0.15, 0.2) is 41.0 Å². The molecule has 22 heavy (non-hydrogen) atoms. The quantitative estimate of drug-likeness (QED) is 0.749. The Labute approximate surface area is 136 Å². The maximum absolute atomic E-state index is 12.2. The lowest BCUT2D eigenvalue weighted by Gasteiger charge is -2.09. The number of nitrogens with one attached hydrogen (secondary N) is 1. The monoisotopic (exact) mass is 332 g/mol. The highest BCUT2D eigenvalue weighted by molar-refractivity contribution is 7.99. The second-order valence-electron chi connectivity index (χ2n) is 5.01. The number of aryl methyl sites for hydroxylation is 1. The zero-order chi connectivity index (χ0) is 15.5. The van der Waals surface area contributed by atoms with E-state index in [0.29, 0.717) is 10.9 Å². The normalized spacial score (nSPS) is 12.5. The Kier molecular flexibility index (Phi) is 4.49. The molecule has 0 saturated heterocycles. The van der Waals surface area contributed by atoms with Crippen LogP contribution in [-0.2, 0) is 10.5 Å². The molecular formula is C16H16N2O2S2. The molecule has 1 atom stereocenters. The van der Waals surface area contributed by atoms with Crippen LogP contribution in [0.1, 0.15) is 18.2 Å². The molecule has 114 valence electrons. The van der Waals surface area contributed by atoms with Crippen LogP contribution in [-0.4, -0.2) is 16.1 Å². The Bertz CT molecular complexity index is 781. The third-order valence-corrected chi connectivity index (χ3v) is 5.30. The minimum atomic E-state index is -0.168. The minimum Gasteiger partial charge on any atom is -0.468 e. The first kappa shape index (κ1) is 15.1. The van der Waals surface area contributed by atoms with E-state index in [-0.39, 0.29) is 11.2 Å². The SMILES string of the molecule is Cc1ccc2nc(NC(=O)C(C)SCc3ccco3)sc2c1. The van der Waals surface area contributed by atoms with Crippen LogP contribution in [0.2, 0.25) is 0 Å². The lowest BCUT2D eigenvalue weighted by atomic mass is 10.2. The molecule has 0 saturated carbocycles. The van der Waals surface area contributed by atoms with Gasteiger partial charge in [-0.15, -0.1) is 11.8 Å². The summed E-state index contributed by atoms with van der Waals surface area (Å²) in [6, 6.07) is 9.84. The summed E-state index contributed by atoms with van der Waals surface area (Å²) >= 11 is 3.04. The predicted octanol–water partition coefficient (Wildman–Crippen LogP) is 4.46. The summed E-state index contributed by atoms with van der Waals surface area (Å²) in [5.74, 6) is 1.52. The number of hydrogen-bond acceptors (Lipinski definition) is 5. The van der Waals surface area contributed by atoms with Crippen molar-refractivity contribution < 1.29 is 9.21 Å². The number of furan rings is 1. The number of carbonyl (C=O) groups excluding carboxylic acids is 1.